The molecule has 0 aromatic heterocycles. The average molecular weight is 626 g/mol. The van der Waals surface area contributed by atoms with E-state index in [9.17, 15) is 19.8 Å². The minimum absolute atomic E-state index is 0.0934. The number of esters is 2. The van der Waals surface area contributed by atoms with Gasteiger partial charge in [0.15, 0.2) is 5.60 Å². The first-order valence-corrected chi connectivity index (χ1v) is 15.8. The predicted octanol–water partition coefficient (Wildman–Crippen LogP) is 5.48. The Labute approximate surface area is 264 Å². The summed E-state index contributed by atoms with van der Waals surface area (Å²) < 4.78 is 17.0. The van der Waals surface area contributed by atoms with E-state index in [-0.39, 0.29) is 22.8 Å². The van der Waals surface area contributed by atoms with Crippen molar-refractivity contribution >= 4 is 29.2 Å². The SMILES string of the molecule is C=C[C@H](O)[C@@H]1CC[C@H]1CN1C[C@@]2(CCCc3cc(Cl)ccc32)COc2ccc(C(O)(CC(=O)OC(C)(C)C)C(=O)OC)cc21. The van der Waals surface area contributed by atoms with Crippen molar-refractivity contribution in [3.05, 3.63) is 70.8 Å². The molecule has 0 bridgehead atoms. The zero-order valence-electron chi connectivity index (χ0n) is 26.1. The number of fused-ring (bicyclic) bond motifs is 3. The summed E-state index contributed by atoms with van der Waals surface area (Å²) in [5, 5.41) is 23.1. The summed E-state index contributed by atoms with van der Waals surface area (Å²) in [5.41, 5.74) is -0.0113. The first kappa shape index (κ1) is 32.3. The lowest BCUT2D eigenvalue weighted by Crippen LogP contribution is -2.49. The van der Waals surface area contributed by atoms with E-state index in [4.69, 9.17) is 25.8 Å². The highest BCUT2D eigenvalue weighted by molar-refractivity contribution is 6.30. The molecule has 1 fully saturated rings. The third kappa shape index (κ3) is 6.35. The van der Waals surface area contributed by atoms with Gasteiger partial charge in [-0.1, -0.05) is 29.8 Å². The second kappa shape index (κ2) is 12.4. The van der Waals surface area contributed by atoms with Gasteiger partial charge in [0, 0.05) is 23.5 Å². The van der Waals surface area contributed by atoms with Crippen LogP contribution in [0, 0.1) is 11.8 Å². The molecule has 8 nitrogen and oxygen atoms in total. The number of anilines is 1. The molecule has 9 heteroatoms. The van der Waals surface area contributed by atoms with E-state index in [1.54, 1.807) is 45.0 Å². The minimum Gasteiger partial charge on any atom is -0.490 e. The topological polar surface area (TPSA) is 106 Å². The number of aryl methyl sites for hydroxylation is 1. The van der Waals surface area contributed by atoms with E-state index in [0.29, 0.717) is 36.2 Å². The van der Waals surface area contributed by atoms with Crippen LogP contribution in [-0.4, -0.2) is 60.7 Å². The number of carbonyl (C=O) groups excluding carboxylic acids is 2. The Balaban J connectivity index is 1.57. The number of benzene rings is 2. The van der Waals surface area contributed by atoms with Crippen LogP contribution in [0.1, 0.15) is 69.6 Å². The highest BCUT2D eigenvalue weighted by Crippen LogP contribution is 2.47. The molecular formula is C35H44ClNO7. The summed E-state index contributed by atoms with van der Waals surface area (Å²) >= 11 is 6.39. The monoisotopic (exact) mass is 625 g/mol. The number of hydrogen-bond donors (Lipinski definition) is 2. The van der Waals surface area contributed by atoms with Gasteiger partial charge in [-0.2, -0.15) is 0 Å². The Morgan fingerprint density at radius 2 is 2.00 bits per heavy atom. The van der Waals surface area contributed by atoms with Crippen LogP contribution in [0.4, 0.5) is 5.69 Å². The molecule has 1 heterocycles. The molecule has 1 aliphatic heterocycles. The highest BCUT2D eigenvalue weighted by Gasteiger charge is 2.46. The van der Waals surface area contributed by atoms with Gasteiger partial charge in [0.1, 0.15) is 11.4 Å². The smallest absolute Gasteiger partial charge is 0.343 e. The van der Waals surface area contributed by atoms with E-state index in [2.05, 4.69) is 17.5 Å². The molecule has 2 N–H and O–H groups in total. The fraction of sp³-hybridized carbons (Fsp3) is 0.543. The number of carbonyl (C=O) groups is 2. The van der Waals surface area contributed by atoms with E-state index >= 15 is 0 Å². The van der Waals surface area contributed by atoms with Crippen LogP contribution in [0.2, 0.25) is 5.02 Å². The Morgan fingerprint density at radius 1 is 1.23 bits per heavy atom. The van der Waals surface area contributed by atoms with Crippen LogP contribution in [0.5, 0.6) is 5.75 Å². The fourth-order valence-corrected chi connectivity index (χ4v) is 7.34. The number of aliphatic hydroxyl groups is 2. The van der Waals surface area contributed by atoms with Gasteiger partial charge in [-0.15, -0.1) is 6.58 Å². The number of rotatable bonds is 8. The lowest BCUT2D eigenvalue weighted by atomic mass is 9.68. The predicted molar refractivity (Wildman–Crippen MR) is 169 cm³/mol. The van der Waals surface area contributed by atoms with Crippen molar-refractivity contribution in [3.8, 4) is 5.75 Å². The molecule has 1 saturated carbocycles. The van der Waals surface area contributed by atoms with Crippen LogP contribution >= 0.6 is 11.6 Å². The number of halogens is 1. The quantitative estimate of drug-likeness (QED) is 0.294. The van der Waals surface area contributed by atoms with Crippen LogP contribution in [0.25, 0.3) is 0 Å². The normalized spacial score (nSPS) is 24.8. The molecule has 3 aliphatic rings. The fourth-order valence-electron chi connectivity index (χ4n) is 7.15. The maximum absolute atomic E-state index is 13.1. The standard InChI is InChI=1S/C35H44ClNO7/c1-6-29(38)26-12-9-23(26)19-37-20-34(15-7-8-22-16-25(36)11-13-27(22)34)21-43-30-14-10-24(17-28(30)37)35(41,32(40)42-5)18-31(39)44-33(2,3)4/h6,10-11,13-14,16-17,23,26,29,38,41H,1,7-9,12,15,18-21H2,2-5H3/t23-,26+,29-,34-,35?/m0/s1. The lowest BCUT2D eigenvalue weighted by molar-refractivity contribution is -0.175. The third-order valence-electron chi connectivity index (χ3n) is 9.47. The Morgan fingerprint density at radius 3 is 2.66 bits per heavy atom. The van der Waals surface area contributed by atoms with Crippen molar-refractivity contribution in [1.29, 1.82) is 0 Å². The molecule has 1 spiro atoms. The van der Waals surface area contributed by atoms with Crippen molar-refractivity contribution in [2.75, 3.05) is 31.7 Å². The first-order valence-electron chi connectivity index (χ1n) is 15.4. The lowest BCUT2D eigenvalue weighted by Gasteiger charge is -2.45. The van der Waals surface area contributed by atoms with Crippen molar-refractivity contribution in [1.82, 2.24) is 0 Å². The molecule has 0 amide bonds. The van der Waals surface area contributed by atoms with Gasteiger partial charge in [-0.05, 0) is 106 Å². The minimum atomic E-state index is -2.27. The third-order valence-corrected chi connectivity index (χ3v) is 9.70. The van der Waals surface area contributed by atoms with E-state index < -0.39 is 35.7 Å². The number of hydrogen-bond acceptors (Lipinski definition) is 8. The Bertz CT molecular complexity index is 1420. The van der Waals surface area contributed by atoms with Gasteiger partial charge in [0.2, 0.25) is 0 Å². The molecule has 2 aromatic rings. The van der Waals surface area contributed by atoms with E-state index in [0.717, 1.165) is 32.1 Å². The second-order valence-electron chi connectivity index (χ2n) is 13.6. The number of ether oxygens (including phenoxy) is 3. The maximum atomic E-state index is 13.1. The molecule has 238 valence electrons. The van der Waals surface area contributed by atoms with Crippen molar-refractivity contribution in [2.45, 2.75) is 82.0 Å². The number of aliphatic hydroxyl groups excluding tert-OH is 1. The van der Waals surface area contributed by atoms with Crippen LogP contribution in [0.3, 0.4) is 0 Å². The van der Waals surface area contributed by atoms with Gasteiger partial charge in [-0.25, -0.2) is 4.79 Å². The maximum Gasteiger partial charge on any atom is 0.343 e. The van der Waals surface area contributed by atoms with Gasteiger partial charge in [0.05, 0.1) is 31.9 Å². The molecule has 0 radical (unpaired) electrons. The molecule has 2 aliphatic carbocycles. The summed E-state index contributed by atoms with van der Waals surface area (Å²) in [6.07, 6.45) is 5.15. The summed E-state index contributed by atoms with van der Waals surface area (Å²) in [5.74, 6) is -0.746. The Hall–Kier alpha value is -3.07. The van der Waals surface area contributed by atoms with Crippen molar-refractivity contribution in [2.24, 2.45) is 11.8 Å². The number of methoxy groups -OCH3 is 1. The molecule has 2 aromatic carbocycles. The zero-order chi connectivity index (χ0) is 31.9. The average Bonchev–Trinajstić information content (AvgIpc) is 3.10. The van der Waals surface area contributed by atoms with Crippen molar-refractivity contribution in [3.63, 3.8) is 0 Å². The molecule has 44 heavy (non-hydrogen) atoms. The molecular weight excluding hydrogens is 582 g/mol. The highest BCUT2D eigenvalue weighted by atomic mass is 35.5. The van der Waals surface area contributed by atoms with E-state index in [1.807, 2.05) is 12.1 Å². The van der Waals surface area contributed by atoms with E-state index in [1.165, 1.54) is 18.2 Å². The van der Waals surface area contributed by atoms with Gasteiger partial charge < -0.3 is 29.3 Å². The summed E-state index contributed by atoms with van der Waals surface area (Å²) in [4.78, 5) is 28.2. The van der Waals surface area contributed by atoms with Crippen LogP contribution < -0.4 is 9.64 Å². The van der Waals surface area contributed by atoms with Crippen LogP contribution in [-0.2, 0) is 36.5 Å². The molecule has 0 saturated heterocycles. The van der Waals surface area contributed by atoms with Gasteiger partial charge in [0.25, 0.3) is 0 Å². The largest absolute Gasteiger partial charge is 0.490 e. The summed E-state index contributed by atoms with van der Waals surface area (Å²) in [6.45, 7) is 10.7. The van der Waals surface area contributed by atoms with Crippen molar-refractivity contribution < 1.29 is 34.0 Å². The van der Waals surface area contributed by atoms with Gasteiger partial charge in [-0.3, -0.25) is 4.79 Å². The molecule has 5 rings (SSSR count). The van der Waals surface area contributed by atoms with Gasteiger partial charge >= 0.3 is 11.9 Å². The summed E-state index contributed by atoms with van der Waals surface area (Å²) in [7, 11) is 1.18. The molecule has 1 unspecified atom stereocenters. The Kier molecular flexibility index (Phi) is 9.09. The first-order chi connectivity index (χ1) is 20.8. The zero-order valence-corrected chi connectivity index (χ0v) is 26.9. The summed E-state index contributed by atoms with van der Waals surface area (Å²) in [6, 6.07) is 11.2. The molecule has 5 atom stereocenters. The van der Waals surface area contributed by atoms with Crippen LogP contribution in [0.15, 0.2) is 49.1 Å². The second-order valence-corrected chi connectivity index (χ2v) is 14.1. The number of nitrogens with zero attached hydrogens (tertiary/aromatic N) is 1.